The number of aliphatic hydroxyl groups is 8. The molecule has 0 spiro atoms. The van der Waals surface area contributed by atoms with E-state index in [9.17, 15) is 45.6 Å². The Bertz CT molecular complexity index is 1670. The highest BCUT2D eigenvalue weighted by Gasteiger charge is 2.51. The molecule has 12 atom stereocenters. The van der Waals surface area contributed by atoms with Crippen molar-refractivity contribution in [2.24, 2.45) is 0 Å². The third-order valence-electron chi connectivity index (χ3n) is 17.2. The van der Waals surface area contributed by atoms with Crippen LogP contribution in [0.2, 0.25) is 0 Å². The lowest BCUT2D eigenvalue weighted by Crippen LogP contribution is -2.65. The van der Waals surface area contributed by atoms with Crippen molar-refractivity contribution in [1.29, 1.82) is 0 Å². The molecule has 2 fully saturated rings. The van der Waals surface area contributed by atoms with E-state index in [4.69, 9.17) is 18.9 Å². The Balaban J connectivity index is 1.68. The predicted molar refractivity (Wildman–Crippen MR) is 350 cm³/mol. The molecule has 2 heterocycles. The number of carbonyl (C=O) groups excluding carboxylic acids is 1. The second-order valence-corrected chi connectivity index (χ2v) is 25.0. The third kappa shape index (κ3) is 40.4. The van der Waals surface area contributed by atoms with E-state index in [1.165, 1.54) is 205 Å². The molecular weight excluding hydrogens is 1090 g/mol. The number of amides is 1. The lowest BCUT2D eigenvalue weighted by atomic mass is 9.97. The molecule has 0 bridgehead atoms. The van der Waals surface area contributed by atoms with Gasteiger partial charge in [0.05, 0.1) is 32.0 Å². The minimum atomic E-state index is -1.80. The zero-order chi connectivity index (χ0) is 62.3. The van der Waals surface area contributed by atoms with E-state index < -0.39 is 86.8 Å². The van der Waals surface area contributed by atoms with Crippen LogP contribution in [-0.4, -0.2) is 140 Å². The summed E-state index contributed by atoms with van der Waals surface area (Å²) in [6.07, 6.45) is 58.6. The van der Waals surface area contributed by atoms with Crippen LogP contribution in [0.4, 0.5) is 0 Å². The van der Waals surface area contributed by atoms with Gasteiger partial charge in [0.15, 0.2) is 12.6 Å². The summed E-state index contributed by atoms with van der Waals surface area (Å²) in [5.41, 5.74) is 0. The molecule has 86 heavy (non-hydrogen) atoms. The number of allylic oxidation sites excluding steroid dienone is 9. The van der Waals surface area contributed by atoms with Crippen molar-refractivity contribution in [2.75, 3.05) is 19.8 Å². The first-order valence-corrected chi connectivity index (χ1v) is 35.5. The van der Waals surface area contributed by atoms with E-state index in [0.29, 0.717) is 12.8 Å². The van der Waals surface area contributed by atoms with Crippen molar-refractivity contribution >= 4 is 5.91 Å². The molecule has 2 aliphatic rings. The van der Waals surface area contributed by atoms with Crippen molar-refractivity contribution in [3.05, 3.63) is 60.8 Å². The number of aliphatic hydroxyl groups excluding tert-OH is 8. The van der Waals surface area contributed by atoms with Crippen molar-refractivity contribution < 1.29 is 64.6 Å². The van der Waals surface area contributed by atoms with Crippen molar-refractivity contribution in [2.45, 2.75) is 370 Å². The van der Waals surface area contributed by atoms with Crippen molar-refractivity contribution in [3.63, 3.8) is 0 Å². The smallest absolute Gasteiger partial charge is 0.220 e. The molecule has 2 aliphatic heterocycles. The molecule has 14 nitrogen and oxygen atoms in total. The maximum absolute atomic E-state index is 13.3. The van der Waals surface area contributed by atoms with Crippen molar-refractivity contribution in [3.8, 4) is 0 Å². The third-order valence-corrected chi connectivity index (χ3v) is 17.2. The van der Waals surface area contributed by atoms with E-state index in [1.54, 1.807) is 6.08 Å². The Labute approximate surface area is 524 Å². The summed E-state index contributed by atoms with van der Waals surface area (Å²) >= 11 is 0. The molecule has 1 amide bonds. The Morgan fingerprint density at radius 2 is 0.779 bits per heavy atom. The highest BCUT2D eigenvalue weighted by atomic mass is 16.7. The average Bonchev–Trinajstić information content (AvgIpc) is 2.46. The minimum absolute atomic E-state index is 0.257. The van der Waals surface area contributed by atoms with Crippen LogP contribution in [-0.2, 0) is 23.7 Å². The van der Waals surface area contributed by atoms with Crippen LogP contribution in [0, 0.1) is 0 Å². The lowest BCUT2D eigenvalue weighted by Gasteiger charge is -2.46. The van der Waals surface area contributed by atoms with Crippen LogP contribution in [0.15, 0.2) is 60.8 Å². The molecule has 0 saturated carbocycles. The summed E-state index contributed by atoms with van der Waals surface area (Å²) < 4.78 is 22.8. The molecule has 502 valence electrons. The summed E-state index contributed by atoms with van der Waals surface area (Å²) in [7, 11) is 0. The highest BCUT2D eigenvalue weighted by molar-refractivity contribution is 5.76. The zero-order valence-corrected chi connectivity index (χ0v) is 54.6. The second kappa shape index (κ2) is 56.7. The summed E-state index contributed by atoms with van der Waals surface area (Å²) in [5, 5.41) is 87.3. The molecule has 12 unspecified atom stereocenters. The van der Waals surface area contributed by atoms with E-state index in [1.807, 2.05) is 6.08 Å². The van der Waals surface area contributed by atoms with Gasteiger partial charge in [-0.25, -0.2) is 0 Å². The van der Waals surface area contributed by atoms with Gasteiger partial charge >= 0.3 is 0 Å². The Morgan fingerprint density at radius 1 is 0.419 bits per heavy atom. The summed E-state index contributed by atoms with van der Waals surface area (Å²) in [6.45, 7) is 2.78. The molecule has 0 aromatic rings. The van der Waals surface area contributed by atoms with E-state index >= 15 is 0 Å². The molecule has 0 aliphatic carbocycles. The Morgan fingerprint density at radius 3 is 1.23 bits per heavy atom. The molecule has 14 heteroatoms. The van der Waals surface area contributed by atoms with Crippen LogP contribution in [0.5, 0.6) is 0 Å². The van der Waals surface area contributed by atoms with E-state index in [-0.39, 0.29) is 18.9 Å². The van der Waals surface area contributed by atoms with Crippen LogP contribution < -0.4 is 5.32 Å². The number of unbranched alkanes of at least 4 members (excludes halogenated alkanes) is 37. The quantitative estimate of drug-likeness (QED) is 0.0204. The largest absolute Gasteiger partial charge is 0.394 e. The van der Waals surface area contributed by atoms with E-state index in [0.717, 1.165) is 57.8 Å². The molecule has 2 rings (SSSR count). The highest BCUT2D eigenvalue weighted by Crippen LogP contribution is 2.30. The maximum Gasteiger partial charge on any atom is 0.220 e. The van der Waals surface area contributed by atoms with E-state index in [2.05, 4.69) is 67.8 Å². The average molecular weight is 1220 g/mol. The van der Waals surface area contributed by atoms with Gasteiger partial charge in [-0.3, -0.25) is 4.79 Å². The SMILES string of the molecule is CCCCC/C=C\C/C=C\CCCCCCCCCCCC(=O)NC(COC1OC(CO)C(OC2OC(CO)C(O)C(O)C2O)C(O)C1O)C(O)/C=C/CC/C=C/CC/C=C/CCCCCCCCCCCCCCCCCCCCCCCCC. The molecule has 2 saturated heterocycles. The number of nitrogens with one attached hydrogen (secondary N) is 1. The van der Waals surface area contributed by atoms with Crippen LogP contribution in [0.25, 0.3) is 0 Å². The van der Waals surface area contributed by atoms with Crippen LogP contribution in [0.3, 0.4) is 0 Å². The fourth-order valence-electron chi connectivity index (χ4n) is 11.5. The molecular formula is C72H131NO13. The Kier molecular flexibility index (Phi) is 52.6. The minimum Gasteiger partial charge on any atom is -0.394 e. The second-order valence-electron chi connectivity index (χ2n) is 25.0. The fourth-order valence-corrected chi connectivity index (χ4v) is 11.5. The number of hydrogen-bond acceptors (Lipinski definition) is 13. The Hall–Kier alpha value is -2.31. The van der Waals surface area contributed by atoms with Crippen LogP contribution >= 0.6 is 0 Å². The number of ether oxygens (including phenoxy) is 4. The first kappa shape index (κ1) is 79.8. The van der Waals surface area contributed by atoms with Gasteiger partial charge in [0.2, 0.25) is 5.91 Å². The summed E-state index contributed by atoms with van der Waals surface area (Å²) in [6, 6.07) is -0.944. The number of carbonyl (C=O) groups is 1. The standard InChI is InChI=1S/C72H131NO13/c1-3-5-7-9-11-13-15-17-19-21-23-24-25-26-27-28-29-30-31-32-33-34-35-36-38-39-41-43-45-47-49-51-53-55-61(76)60(73-64(77)56-54-52-50-48-46-44-42-40-37-22-20-18-16-14-12-10-8-6-4-2)59-83-71-69(82)67(80)70(63(58-75)85-71)86-72-68(81)66(79)65(78)62(57-74)84-72/h12,14,18,20,38-39,45,47,53,55,60-63,65-72,74-76,78-82H,3-11,13,15-17,19,21-37,40-44,46,48-52,54,56-59H2,1-2H3,(H,73,77)/b14-12-,20-18-,39-38+,47-45+,55-53+. The molecule has 0 aromatic carbocycles. The first-order chi connectivity index (χ1) is 42.1. The summed E-state index contributed by atoms with van der Waals surface area (Å²) in [5.74, 6) is -0.257. The lowest BCUT2D eigenvalue weighted by molar-refractivity contribution is -0.359. The van der Waals surface area contributed by atoms with Gasteiger partial charge in [0.1, 0.15) is 48.8 Å². The van der Waals surface area contributed by atoms with Gasteiger partial charge in [-0.2, -0.15) is 0 Å². The normalized spacial score (nSPS) is 23.7. The predicted octanol–water partition coefficient (Wildman–Crippen LogP) is 14.5. The number of hydrogen-bond donors (Lipinski definition) is 9. The van der Waals surface area contributed by atoms with Crippen molar-refractivity contribution in [1.82, 2.24) is 5.32 Å². The van der Waals surface area contributed by atoms with Gasteiger partial charge < -0.3 is 65.1 Å². The van der Waals surface area contributed by atoms with Gasteiger partial charge in [-0.1, -0.05) is 274 Å². The molecule has 0 radical (unpaired) electrons. The monoisotopic (exact) mass is 1220 g/mol. The first-order valence-electron chi connectivity index (χ1n) is 35.5. The van der Waals surface area contributed by atoms with Crippen LogP contribution in [0.1, 0.15) is 296 Å². The fraction of sp³-hybridized carbons (Fsp3) is 0.847. The topological polar surface area (TPSA) is 228 Å². The molecule has 9 N–H and O–H groups in total. The zero-order valence-electron chi connectivity index (χ0n) is 54.6. The molecule has 0 aromatic heterocycles. The van der Waals surface area contributed by atoms with Gasteiger partial charge in [0, 0.05) is 6.42 Å². The van der Waals surface area contributed by atoms with Gasteiger partial charge in [-0.15, -0.1) is 0 Å². The maximum atomic E-state index is 13.3. The number of rotatable bonds is 58. The van der Waals surface area contributed by atoms with Gasteiger partial charge in [0.25, 0.3) is 0 Å². The van der Waals surface area contributed by atoms with Gasteiger partial charge in [-0.05, 0) is 77.0 Å². The summed E-state index contributed by atoms with van der Waals surface area (Å²) in [4.78, 5) is 13.3.